The SMILES string of the molecule is C=C(CCC(C)=O)CC1=C(C(=O)OC)CC(C)=C(C)C1. The van der Waals surface area contributed by atoms with Gasteiger partial charge in [-0.1, -0.05) is 28.9 Å². The number of methoxy groups -OCH3 is 1. The standard InChI is InChI=1S/C17H24O3/c1-11(6-7-14(4)18)8-15-9-12(2)13(3)10-16(15)17(19)20-5/h1,6-10H2,2-5H3. The molecule has 0 radical (unpaired) electrons. The lowest BCUT2D eigenvalue weighted by atomic mass is 9.84. The molecule has 0 saturated heterocycles. The van der Waals surface area contributed by atoms with Crippen LogP contribution in [-0.2, 0) is 14.3 Å². The van der Waals surface area contributed by atoms with E-state index in [2.05, 4.69) is 20.4 Å². The molecule has 0 spiro atoms. The van der Waals surface area contributed by atoms with Crippen LogP contribution in [0, 0.1) is 0 Å². The molecule has 0 unspecified atom stereocenters. The topological polar surface area (TPSA) is 43.4 Å². The molecule has 0 saturated carbocycles. The minimum absolute atomic E-state index is 0.170. The predicted molar refractivity (Wildman–Crippen MR) is 80.3 cm³/mol. The van der Waals surface area contributed by atoms with Gasteiger partial charge in [0.2, 0.25) is 0 Å². The van der Waals surface area contributed by atoms with E-state index < -0.39 is 0 Å². The molecule has 0 aliphatic heterocycles. The van der Waals surface area contributed by atoms with Crippen molar-refractivity contribution in [2.75, 3.05) is 7.11 Å². The van der Waals surface area contributed by atoms with Gasteiger partial charge in [0.05, 0.1) is 7.11 Å². The number of Topliss-reactive ketones (excluding diaryl/α,β-unsaturated/α-hetero) is 1. The van der Waals surface area contributed by atoms with Gasteiger partial charge in [-0.2, -0.15) is 0 Å². The fourth-order valence-electron chi connectivity index (χ4n) is 2.37. The zero-order valence-corrected chi connectivity index (χ0v) is 13.0. The molecule has 0 aromatic heterocycles. The number of hydrogen-bond donors (Lipinski definition) is 0. The summed E-state index contributed by atoms with van der Waals surface area (Å²) in [4.78, 5) is 22.9. The van der Waals surface area contributed by atoms with E-state index in [1.54, 1.807) is 6.92 Å². The van der Waals surface area contributed by atoms with Gasteiger partial charge in [0.15, 0.2) is 0 Å². The van der Waals surface area contributed by atoms with E-state index in [1.807, 2.05) is 0 Å². The van der Waals surface area contributed by atoms with Crippen LogP contribution in [0.1, 0.15) is 52.9 Å². The number of hydrogen-bond acceptors (Lipinski definition) is 3. The van der Waals surface area contributed by atoms with E-state index in [4.69, 9.17) is 4.74 Å². The van der Waals surface area contributed by atoms with Gasteiger partial charge in [0, 0.05) is 18.4 Å². The lowest BCUT2D eigenvalue weighted by Gasteiger charge is -2.22. The molecule has 1 aliphatic rings. The smallest absolute Gasteiger partial charge is 0.334 e. The lowest BCUT2D eigenvalue weighted by molar-refractivity contribution is -0.136. The fraction of sp³-hybridized carbons (Fsp3) is 0.529. The average molecular weight is 276 g/mol. The number of carbonyl (C=O) groups excluding carboxylic acids is 2. The number of carbonyl (C=O) groups is 2. The van der Waals surface area contributed by atoms with Crippen molar-refractivity contribution in [1.29, 1.82) is 0 Å². The largest absolute Gasteiger partial charge is 0.466 e. The average Bonchev–Trinajstić information content (AvgIpc) is 2.39. The third-order valence-corrected chi connectivity index (χ3v) is 3.80. The number of esters is 1. The summed E-state index contributed by atoms with van der Waals surface area (Å²) in [6.45, 7) is 9.77. The molecule has 1 rings (SSSR count). The molecular weight excluding hydrogens is 252 g/mol. The van der Waals surface area contributed by atoms with Crippen LogP contribution in [0.5, 0.6) is 0 Å². The maximum Gasteiger partial charge on any atom is 0.334 e. The van der Waals surface area contributed by atoms with Gasteiger partial charge in [-0.15, -0.1) is 0 Å². The molecule has 20 heavy (non-hydrogen) atoms. The van der Waals surface area contributed by atoms with E-state index >= 15 is 0 Å². The third-order valence-electron chi connectivity index (χ3n) is 3.80. The van der Waals surface area contributed by atoms with Crippen LogP contribution in [0.3, 0.4) is 0 Å². The van der Waals surface area contributed by atoms with Crippen LogP contribution >= 0.6 is 0 Å². The van der Waals surface area contributed by atoms with Gasteiger partial charge in [0.1, 0.15) is 5.78 Å². The first-order valence-corrected chi connectivity index (χ1v) is 6.95. The van der Waals surface area contributed by atoms with Crippen molar-refractivity contribution in [1.82, 2.24) is 0 Å². The Morgan fingerprint density at radius 3 is 2.30 bits per heavy atom. The monoisotopic (exact) mass is 276 g/mol. The minimum atomic E-state index is -0.244. The fourth-order valence-corrected chi connectivity index (χ4v) is 2.37. The Bertz CT molecular complexity index is 492. The highest BCUT2D eigenvalue weighted by molar-refractivity contribution is 5.90. The van der Waals surface area contributed by atoms with E-state index in [0.717, 1.165) is 23.1 Å². The van der Waals surface area contributed by atoms with Crippen LogP contribution < -0.4 is 0 Å². The first-order valence-electron chi connectivity index (χ1n) is 6.95. The van der Waals surface area contributed by atoms with Crippen molar-refractivity contribution in [3.63, 3.8) is 0 Å². The zero-order chi connectivity index (χ0) is 15.3. The van der Waals surface area contributed by atoms with Crippen LogP contribution in [0.25, 0.3) is 0 Å². The molecule has 0 atom stereocenters. The molecule has 0 N–H and O–H groups in total. The minimum Gasteiger partial charge on any atom is -0.466 e. The Labute approximate surface area is 121 Å². The molecule has 110 valence electrons. The quantitative estimate of drug-likeness (QED) is 0.546. The van der Waals surface area contributed by atoms with E-state index in [9.17, 15) is 9.59 Å². The van der Waals surface area contributed by atoms with E-state index in [-0.39, 0.29) is 11.8 Å². The molecule has 0 bridgehead atoms. The van der Waals surface area contributed by atoms with Crippen molar-refractivity contribution >= 4 is 11.8 Å². The summed E-state index contributed by atoms with van der Waals surface area (Å²) in [5.41, 5.74) is 5.41. The summed E-state index contributed by atoms with van der Waals surface area (Å²) in [5.74, 6) is -0.0740. The van der Waals surface area contributed by atoms with Crippen LogP contribution in [0.2, 0.25) is 0 Å². The molecule has 0 amide bonds. The van der Waals surface area contributed by atoms with Gasteiger partial charge in [-0.05, 0) is 40.0 Å². The van der Waals surface area contributed by atoms with Crippen molar-refractivity contribution in [3.05, 3.63) is 34.4 Å². The molecular formula is C17H24O3. The summed E-state index contributed by atoms with van der Waals surface area (Å²) < 4.78 is 4.88. The molecule has 0 heterocycles. The molecule has 0 aromatic rings. The van der Waals surface area contributed by atoms with Crippen molar-refractivity contribution in [2.45, 2.75) is 52.9 Å². The Kier molecular flexibility index (Phi) is 5.93. The van der Waals surface area contributed by atoms with Crippen LogP contribution in [0.4, 0.5) is 0 Å². The first kappa shape index (κ1) is 16.4. The summed E-state index contributed by atoms with van der Waals surface area (Å²) in [6, 6.07) is 0. The van der Waals surface area contributed by atoms with E-state index in [1.165, 1.54) is 18.3 Å². The van der Waals surface area contributed by atoms with Gasteiger partial charge < -0.3 is 9.53 Å². The van der Waals surface area contributed by atoms with Gasteiger partial charge in [-0.25, -0.2) is 4.79 Å². The molecule has 3 nitrogen and oxygen atoms in total. The Morgan fingerprint density at radius 2 is 1.75 bits per heavy atom. The highest BCUT2D eigenvalue weighted by Gasteiger charge is 2.22. The molecule has 3 heteroatoms. The number of allylic oxidation sites excluding steroid dienone is 4. The van der Waals surface area contributed by atoms with E-state index in [0.29, 0.717) is 25.7 Å². The highest BCUT2D eigenvalue weighted by Crippen LogP contribution is 2.34. The lowest BCUT2D eigenvalue weighted by Crippen LogP contribution is -2.13. The summed E-state index contributed by atoms with van der Waals surface area (Å²) in [6.07, 6.45) is 3.36. The second-order valence-electron chi connectivity index (χ2n) is 5.62. The summed E-state index contributed by atoms with van der Waals surface area (Å²) >= 11 is 0. The maximum atomic E-state index is 11.9. The zero-order valence-electron chi connectivity index (χ0n) is 13.0. The number of rotatable bonds is 6. The predicted octanol–water partition coefficient (Wildman–Crippen LogP) is 3.90. The second-order valence-corrected chi connectivity index (χ2v) is 5.62. The maximum absolute atomic E-state index is 11.9. The summed E-state index contributed by atoms with van der Waals surface area (Å²) in [7, 11) is 1.41. The molecule has 0 aromatic carbocycles. The summed E-state index contributed by atoms with van der Waals surface area (Å²) in [5, 5.41) is 0. The Morgan fingerprint density at radius 1 is 1.15 bits per heavy atom. The van der Waals surface area contributed by atoms with Gasteiger partial charge in [0.25, 0.3) is 0 Å². The molecule has 1 aliphatic carbocycles. The van der Waals surface area contributed by atoms with Gasteiger partial charge >= 0.3 is 5.97 Å². The van der Waals surface area contributed by atoms with Crippen molar-refractivity contribution < 1.29 is 14.3 Å². The molecule has 0 fully saturated rings. The Hall–Kier alpha value is -1.64. The van der Waals surface area contributed by atoms with Crippen molar-refractivity contribution in [2.24, 2.45) is 0 Å². The first-order chi connectivity index (χ1) is 9.35. The van der Waals surface area contributed by atoms with Crippen LogP contribution in [0.15, 0.2) is 34.4 Å². The van der Waals surface area contributed by atoms with Crippen LogP contribution in [-0.4, -0.2) is 18.9 Å². The highest BCUT2D eigenvalue weighted by atomic mass is 16.5. The van der Waals surface area contributed by atoms with Crippen molar-refractivity contribution in [3.8, 4) is 0 Å². The third kappa shape index (κ3) is 4.48. The second kappa shape index (κ2) is 7.22. The number of ketones is 1. The normalized spacial score (nSPS) is 15.4. The van der Waals surface area contributed by atoms with Gasteiger partial charge in [-0.3, -0.25) is 0 Å². The Balaban J connectivity index is 2.83. The number of ether oxygens (including phenoxy) is 1.